The van der Waals surface area contributed by atoms with E-state index in [0.29, 0.717) is 0 Å². The van der Waals surface area contributed by atoms with Gasteiger partial charge in [-0.3, -0.25) is 0 Å². The Bertz CT molecular complexity index is 130. The molecule has 0 saturated carbocycles. The molecule has 52 valence electrons. The second-order valence-electron chi connectivity index (χ2n) is 2.72. The second-order valence-corrected chi connectivity index (χ2v) is 2.72. The average molecular weight is 128 g/mol. The Morgan fingerprint density at radius 2 is 2.00 bits per heavy atom. The van der Waals surface area contributed by atoms with E-state index in [2.05, 4.69) is 0 Å². The van der Waals surface area contributed by atoms with Crippen LogP contribution in [0.25, 0.3) is 0 Å². The maximum Gasteiger partial charge on any atom is 0.129 e. The van der Waals surface area contributed by atoms with Crippen LogP contribution in [0.2, 0.25) is 0 Å². The Morgan fingerprint density at radius 1 is 1.56 bits per heavy atom. The Balaban J connectivity index is 4.18. The lowest BCUT2D eigenvalue weighted by atomic mass is 9.95. The fourth-order valence-electron chi connectivity index (χ4n) is 0.572. The third kappa shape index (κ3) is 3.76. The van der Waals surface area contributed by atoms with Gasteiger partial charge in [-0.1, -0.05) is 0 Å². The van der Waals surface area contributed by atoms with E-state index >= 15 is 0 Å². The summed E-state index contributed by atoms with van der Waals surface area (Å²) >= 11 is 0. The van der Waals surface area contributed by atoms with Crippen LogP contribution < -0.4 is 0 Å². The van der Waals surface area contributed by atoms with Crippen LogP contribution in [0.4, 0.5) is 0 Å². The minimum absolute atomic E-state index is 0.187. The fourth-order valence-corrected chi connectivity index (χ4v) is 0.572. The van der Waals surface area contributed by atoms with Gasteiger partial charge < -0.3 is 9.90 Å². The van der Waals surface area contributed by atoms with E-state index in [1.165, 1.54) is 6.08 Å². The van der Waals surface area contributed by atoms with Gasteiger partial charge in [-0.15, -0.1) is 0 Å². The van der Waals surface area contributed by atoms with E-state index in [1.807, 2.05) is 0 Å². The molecular weight excluding hydrogens is 116 g/mol. The molecule has 0 rings (SSSR count). The number of carbonyl (C=O) groups excluding carboxylic acids is 1. The van der Waals surface area contributed by atoms with Crippen LogP contribution in [0.3, 0.4) is 0 Å². The average Bonchev–Trinajstić information content (AvgIpc) is 1.63. The van der Waals surface area contributed by atoms with E-state index in [4.69, 9.17) is 5.11 Å². The van der Waals surface area contributed by atoms with Gasteiger partial charge in [0.1, 0.15) is 6.29 Å². The molecule has 0 heterocycles. The van der Waals surface area contributed by atoms with Crippen molar-refractivity contribution in [3.05, 3.63) is 11.8 Å². The van der Waals surface area contributed by atoms with Crippen LogP contribution >= 0.6 is 0 Å². The van der Waals surface area contributed by atoms with Gasteiger partial charge in [-0.05, 0) is 26.8 Å². The lowest BCUT2D eigenvalue weighted by Gasteiger charge is -2.09. The second kappa shape index (κ2) is 2.67. The summed E-state index contributed by atoms with van der Waals surface area (Å²) in [6.07, 6.45) is 2.31. The smallest absolute Gasteiger partial charge is 0.129 e. The lowest BCUT2D eigenvalue weighted by molar-refractivity contribution is -0.112. The van der Waals surface area contributed by atoms with Crippen molar-refractivity contribution in [2.75, 3.05) is 0 Å². The third-order valence-corrected chi connectivity index (χ3v) is 0.885. The molecule has 0 aliphatic rings. The zero-order chi connectivity index (χ0) is 7.49. The van der Waals surface area contributed by atoms with Gasteiger partial charge >= 0.3 is 0 Å². The highest BCUT2D eigenvalue weighted by Gasteiger charge is 2.12. The summed E-state index contributed by atoms with van der Waals surface area (Å²) < 4.78 is 0. The third-order valence-electron chi connectivity index (χ3n) is 0.885. The van der Waals surface area contributed by atoms with Crippen LogP contribution in [-0.2, 0) is 4.79 Å². The molecule has 2 heteroatoms. The van der Waals surface area contributed by atoms with Gasteiger partial charge in [0.25, 0.3) is 0 Å². The first-order chi connectivity index (χ1) is 3.98. The molecule has 0 aliphatic carbocycles. The summed E-state index contributed by atoms with van der Waals surface area (Å²) in [5.41, 5.74) is -0.529. The highest BCUT2D eigenvalue weighted by Crippen LogP contribution is 2.13. The first-order valence-electron chi connectivity index (χ1n) is 2.83. The largest absolute Gasteiger partial charge is 0.513 e. The molecule has 0 unspecified atom stereocenters. The molecule has 0 amide bonds. The van der Waals surface area contributed by atoms with Crippen molar-refractivity contribution >= 4 is 6.29 Å². The van der Waals surface area contributed by atoms with Crippen molar-refractivity contribution in [2.45, 2.75) is 20.8 Å². The summed E-state index contributed by atoms with van der Waals surface area (Å²) in [4.78, 5) is 10.2. The predicted octanol–water partition coefficient (Wildman–Crippen LogP) is 1.67. The van der Waals surface area contributed by atoms with E-state index in [-0.39, 0.29) is 5.76 Å². The summed E-state index contributed by atoms with van der Waals surface area (Å²) in [5, 5.41) is 8.72. The quantitative estimate of drug-likeness (QED) is 0.453. The van der Waals surface area contributed by atoms with Gasteiger partial charge in [-0.2, -0.15) is 0 Å². The summed E-state index contributed by atoms with van der Waals surface area (Å²) in [7, 11) is 0. The Morgan fingerprint density at radius 3 is 2.11 bits per heavy atom. The molecule has 0 saturated heterocycles. The minimum Gasteiger partial charge on any atom is -0.513 e. The van der Waals surface area contributed by atoms with Crippen molar-refractivity contribution in [3.63, 3.8) is 0 Å². The zero-order valence-corrected chi connectivity index (χ0v) is 6.01. The Hall–Kier alpha value is -0.790. The summed E-state index contributed by atoms with van der Waals surface area (Å²) in [6, 6.07) is 0. The predicted molar refractivity (Wildman–Crippen MR) is 36.2 cm³/mol. The van der Waals surface area contributed by atoms with E-state index in [1.54, 1.807) is 20.8 Å². The molecular formula is C7H12O2. The lowest BCUT2D eigenvalue weighted by Crippen LogP contribution is -2.08. The van der Waals surface area contributed by atoms with Gasteiger partial charge in [-0.25, -0.2) is 0 Å². The number of aldehydes is 1. The first-order valence-corrected chi connectivity index (χ1v) is 2.83. The topological polar surface area (TPSA) is 37.3 Å². The fraction of sp³-hybridized carbons (Fsp3) is 0.571. The van der Waals surface area contributed by atoms with Gasteiger partial charge in [0, 0.05) is 5.41 Å². The molecule has 9 heavy (non-hydrogen) atoms. The van der Waals surface area contributed by atoms with E-state index in [9.17, 15) is 4.79 Å². The monoisotopic (exact) mass is 128 g/mol. The minimum atomic E-state index is -0.529. The number of allylic oxidation sites excluding steroid dienone is 2. The Kier molecular flexibility index (Phi) is 2.43. The number of aliphatic hydroxyl groups is 1. The van der Waals surface area contributed by atoms with Crippen molar-refractivity contribution in [3.8, 4) is 0 Å². The molecule has 0 radical (unpaired) electrons. The molecule has 1 N–H and O–H groups in total. The van der Waals surface area contributed by atoms with Gasteiger partial charge in [0.05, 0.1) is 5.76 Å². The molecule has 0 aromatic carbocycles. The number of carbonyl (C=O) groups is 1. The standard InChI is InChI=1S/C7H12O2/c1-6(9)4-7(2,3)5-8/h4-5,9H,1-3H3/b6-4+. The number of aliphatic hydroxyl groups excluding tert-OH is 1. The van der Waals surface area contributed by atoms with E-state index < -0.39 is 5.41 Å². The van der Waals surface area contributed by atoms with Crippen molar-refractivity contribution in [1.29, 1.82) is 0 Å². The maximum absolute atomic E-state index is 10.2. The normalized spacial score (nSPS) is 13.4. The van der Waals surface area contributed by atoms with Crippen molar-refractivity contribution in [1.82, 2.24) is 0 Å². The van der Waals surface area contributed by atoms with Crippen molar-refractivity contribution in [2.24, 2.45) is 5.41 Å². The number of hydrogen-bond acceptors (Lipinski definition) is 2. The highest BCUT2D eigenvalue weighted by molar-refractivity contribution is 5.61. The Labute approximate surface area is 55.2 Å². The van der Waals surface area contributed by atoms with Crippen LogP contribution in [0.5, 0.6) is 0 Å². The summed E-state index contributed by atoms with van der Waals surface area (Å²) in [6.45, 7) is 5.02. The highest BCUT2D eigenvalue weighted by atomic mass is 16.3. The molecule has 2 nitrogen and oxygen atoms in total. The van der Waals surface area contributed by atoms with Crippen molar-refractivity contribution < 1.29 is 9.90 Å². The van der Waals surface area contributed by atoms with Gasteiger partial charge in [0.15, 0.2) is 0 Å². The number of hydrogen-bond donors (Lipinski definition) is 1. The summed E-state index contributed by atoms with van der Waals surface area (Å²) in [5.74, 6) is 0.187. The molecule has 0 aliphatic heterocycles. The molecule has 0 bridgehead atoms. The van der Waals surface area contributed by atoms with Crippen LogP contribution in [0.1, 0.15) is 20.8 Å². The molecule has 0 fully saturated rings. The van der Waals surface area contributed by atoms with Gasteiger partial charge in [0.2, 0.25) is 0 Å². The van der Waals surface area contributed by atoms with E-state index in [0.717, 1.165) is 6.29 Å². The molecule has 0 spiro atoms. The SMILES string of the molecule is C/C(O)=C\C(C)(C)C=O. The van der Waals surface area contributed by atoms with Crippen LogP contribution in [-0.4, -0.2) is 11.4 Å². The molecule has 0 aromatic rings. The molecule has 0 aromatic heterocycles. The molecule has 0 atom stereocenters. The van der Waals surface area contributed by atoms with Crippen LogP contribution in [0, 0.1) is 5.41 Å². The number of rotatable bonds is 2. The van der Waals surface area contributed by atoms with Crippen LogP contribution in [0.15, 0.2) is 11.8 Å². The maximum atomic E-state index is 10.2. The zero-order valence-electron chi connectivity index (χ0n) is 6.01. The first kappa shape index (κ1) is 8.21.